The zero-order valence-corrected chi connectivity index (χ0v) is 15.0. The molecule has 1 heterocycles. The van der Waals surface area contributed by atoms with Gasteiger partial charge in [-0.1, -0.05) is 45.8 Å². The zero-order valence-electron chi connectivity index (χ0n) is 13.4. The molecule has 2 aromatic carbocycles. The summed E-state index contributed by atoms with van der Waals surface area (Å²) >= 11 is 3.37. The van der Waals surface area contributed by atoms with Crippen LogP contribution < -0.4 is 4.90 Å². The maximum atomic E-state index is 12.3. The third-order valence-electron chi connectivity index (χ3n) is 4.10. The first kappa shape index (κ1) is 16.7. The molecular weight excluding hydrogens is 370 g/mol. The van der Waals surface area contributed by atoms with Gasteiger partial charge in [-0.2, -0.15) is 0 Å². The SMILES string of the molecule is Cc1ccc(N2C[C@H](C(=O)OCc3ccc(Br)cc3)CC2=O)cc1. The highest BCUT2D eigenvalue weighted by molar-refractivity contribution is 9.10. The number of nitrogens with zero attached hydrogens (tertiary/aromatic N) is 1. The average molecular weight is 388 g/mol. The van der Waals surface area contributed by atoms with E-state index in [1.807, 2.05) is 55.5 Å². The van der Waals surface area contributed by atoms with Gasteiger partial charge in [0, 0.05) is 23.1 Å². The van der Waals surface area contributed by atoms with E-state index in [2.05, 4.69) is 15.9 Å². The molecule has 2 aromatic rings. The van der Waals surface area contributed by atoms with Crippen molar-refractivity contribution in [2.45, 2.75) is 20.0 Å². The van der Waals surface area contributed by atoms with E-state index >= 15 is 0 Å². The van der Waals surface area contributed by atoms with Gasteiger partial charge in [0.05, 0.1) is 5.92 Å². The molecule has 5 heteroatoms. The van der Waals surface area contributed by atoms with Gasteiger partial charge in [0.1, 0.15) is 6.61 Å². The van der Waals surface area contributed by atoms with Crippen molar-refractivity contribution in [2.75, 3.05) is 11.4 Å². The number of amides is 1. The molecule has 4 nitrogen and oxygen atoms in total. The normalized spacial score (nSPS) is 17.2. The molecule has 0 aliphatic carbocycles. The number of ether oxygens (including phenoxy) is 1. The van der Waals surface area contributed by atoms with Crippen LogP contribution in [0.1, 0.15) is 17.5 Å². The second-order valence-corrected chi connectivity index (χ2v) is 6.89. The van der Waals surface area contributed by atoms with Crippen molar-refractivity contribution < 1.29 is 14.3 Å². The lowest BCUT2D eigenvalue weighted by atomic mass is 10.1. The van der Waals surface area contributed by atoms with E-state index in [1.54, 1.807) is 4.90 Å². The number of rotatable bonds is 4. The van der Waals surface area contributed by atoms with Gasteiger partial charge in [-0.15, -0.1) is 0 Å². The Kier molecular flexibility index (Phi) is 5.00. The second-order valence-electron chi connectivity index (χ2n) is 5.98. The zero-order chi connectivity index (χ0) is 17.1. The third-order valence-corrected chi connectivity index (χ3v) is 4.63. The van der Waals surface area contributed by atoms with Crippen LogP contribution in [0.3, 0.4) is 0 Å². The first-order valence-electron chi connectivity index (χ1n) is 7.81. The summed E-state index contributed by atoms with van der Waals surface area (Å²) < 4.78 is 6.35. The molecule has 1 aliphatic rings. The van der Waals surface area contributed by atoms with Crippen molar-refractivity contribution >= 4 is 33.5 Å². The molecule has 0 radical (unpaired) electrons. The Morgan fingerprint density at radius 3 is 2.50 bits per heavy atom. The van der Waals surface area contributed by atoms with Crippen LogP contribution in [0.25, 0.3) is 0 Å². The van der Waals surface area contributed by atoms with Crippen LogP contribution in [-0.4, -0.2) is 18.4 Å². The lowest BCUT2D eigenvalue weighted by molar-refractivity contribution is -0.149. The number of halogens is 1. The van der Waals surface area contributed by atoms with E-state index in [1.165, 1.54) is 0 Å². The molecular formula is C19H18BrNO3. The predicted molar refractivity (Wildman–Crippen MR) is 95.6 cm³/mol. The van der Waals surface area contributed by atoms with E-state index in [4.69, 9.17) is 4.74 Å². The summed E-state index contributed by atoms with van der Waals surface area (Å²) in [6, 6.07) is 15.3. The Balaban J connectivity index is 1.59. The highest BCUT2D eigenvalue weighted by atomic mass is 79.9. The molecule has 0 saturated carbocycles. The van der Waals surface area contributed by atoms with Crippen molar-refractivity contribution in [1.82, 2.24) is 0 Å². The smallest absolute Gasteiger partial charge is 0.311 e. The maximum Gasteiger partial charge on any atom is 0.311 e. The highest BCUT2D eigenvalue weighted by Gasteiger charge is 2.36. The molecule has 24 heavy (non-hydrogen) atoms. The quantitative estimate of drug-likeness (QED) is 0.748. The fraction of sp³-hybridized carbons (Fsp3) is 0.263. The van der Waals surface area contributed by atoms with Crippen molar-refractivity contribution in [2.24, 2.45) is 5.92 Å². The molecule has 0 bridgehead atoms. The fourth-order valence-corrected chi connectivity index (χ4v) is 2.96. The summed E-state index contributed by atoms with van der Waals surface area (Å²) in [5.41, 5.74) is 2.89. The lowest BCUT2D eigenvalue weighted by Gasteiger charge is -2.16. The summed E-state index contributed by atoms with van der Waals surface area (Å²) in [6.45, 7) is 2.60. The lowest BCUT2D eigenvalue weighted by Crippen LogP contribution is -2.26. The molecule has 3 rings (SSSR count). The Labute approximate surface area is 149 Å². The molecule has 1 saturated heterocycles. The predicted octanol–water partition coefficient (Wildman–Crippen LogP) is 3.85. The number of aryl methyl sites for hydroxylation is 1. The molecule has 1 fully saturated rings. The number of esters is 1. The summed E-state index contributed by atoms with van der Waals surface area (Å²) in [6.07, 6.45) is 0.201. The standard InChI is InChI=1S/C19H18BrNO3/c1-13-2-8-17(9-3-13)21-11-15(10-18(21)22)19(23)24-12-14-4-6-16(20)7-5-14/h2-9,15H,10-12H2,1H3/t15-/m1/s1. The summed E-state index contributed by atoms with van der Waals surface area (Å²) in [5.74, 6) is -0.764. The van der Waals surface area contributed by atoms with Gasteiger partial charge in [0.15, 0.2) is 0 Å². The summed E-state index contributed by atoms with van der Waals surface area (Å²) in [7, 11) is 0. The molecule has 0 unspecified atom stereocenters. The van der Waals surface area contributed by atoms with Crippen LogP contribution >= 0.6 is 15.9 Å². The average Bonchev–Trinajstić information content (AvgIpc) is 2.97. The van der Waals surface area contributed by atoms with Crippen LogP contribution in [0.15, 0.2) is 53.0 Å². The molecule has 1 amide bonds. The Morgan fingerprint density at radius 1 is 1.17 bits per heavy atom. The topological polar surface area (TPSA) is 46.6 Å². The number of carbonyl (C=O) groups is 2. The van der Waals surface area contributed by atoms with Crippen molar-refractivity contribution in [3.63, 3.8) is 0 Å². The van der Waals surface area contributed by atoms with Crippen LogP contribution in [0.4, 0.5) is 5.69 Å². The van der Waals surface area contributed by atoms with E-state index in [9.17, 15) is 9.59 Å². The van der Waals surface area contributed by atoms with E-state index in [-0.39, 0.29) is 24.9 Å². The molecule has 0 aromatic heterocycles. The first-order chi connectivity index (χ1) is 11.5. The van der Waals surface area contributed by atoms with Gasteiger partial charge in [0.25, 0.3) is 0 Å². The maximum absolute atomic E-state index is 12.3. The number of carbonyl (C=O) groups excluding carboxylic acids is 2. The minimum absolute atomic E-state index is 0.0376. The van der Waals surface area contributed by atoms with E-state index in [0.29, 0.717) is 6.54 Å². The van der Waals surface area contributed by atoms with Gasteiger partial charge >= 0.3 is 5.97 Å². The Hall–Kier alpha value is -2.14. The van der Waals surface area contributed by atoms with Crippen molar-refractivity contribution in [3.8, 4) is 0 Å². The van der Waals surface area contributed by atoms with Crippen molar-refractivity contribution in [1.29, 1.82) is 0 Å². The minimum atomic E-state index is -0.408. The van der Waals surface area contributed by atoms with Crippen LogP contribution in [0, 0.1) is 12.8 Å². The number of anilines is 1. The van der Waals surface area contributed by atoms with E-state index < -0.39 is 5.92 Å². The van der Waals surface area contributed by atoms with E-state index in [0.717, 1.165) is 21.3 Å². The molecule has 1 atom stereocenters. The Bertz CT molecular complexity index is 740. The van der Waals surface area contributed by atoms with Crippen LogP contribution in [0.5, 0.6) is 0 Å². The van der Waals surface area contributed by atoms with Crippen LogP contribution in [0.2, 0.25) is 0 Å². The minimum Gasteiger partial charge on any atom is -0.461 e. The monoisotopic (exact) mass is 387 g/mol. The van der Waals surface area contributed by atoms with Crippen LogP contribution in [-0.2, 0) is 20.9 Å². The molecule has 124 valence electrons. The molecule has 0 spiro atoms. The van der Waals surface area contributed by atoms with Gasteiger partial charge in [-0.25, -0.2) is 0 Å². The third kappa shape index (κ3) is 3.85. The Morgan fingerprint density at radius 2 is 1.83 bits per heavy atom. The number of hydrogen-bond acceptors (Lipinski definition) is 3. The first-order valence-corrected chi connectivity index (χ1v) is 8.60. The van der Waals surface area contributed by atoms with Gasteiger partial charge in [-0.3, -0.25) is 9.59 Å². The number of benzene rings is 2. The van der Waals surface area contributed by atoms with Gasteiger partial charge in [-0.05, 0) is 36.8 Å². The molecule has 1 aliphatic heterocycles. The highest BCUT2D eigenvalue weighted by Crippen LogP contribution is 2.26. The van der Waals surface area contributed by atoms with Crippen molar-refractivity contribution in [3.05, 3.63) is 64.1 Å². The fourth-order valence-electron chi connectivity index (χ4n) is 2.69. The van der Waals surface area contributed by atoms with Gasteiger partial charge < -0.3 is 9.64 Å². The second kappa shape index (κ2) is 7.18. The summed E-state index contributed by atoms with van der Waals surface area (Å²) in [5, 5.41) is 0. The van der Waals surface area contributed by atoms with Gasteiger partial charge in [0.2, 0.25) is 5.91 Å². The molecule has 0 N–H and O–H groups in total. The largest absolute Gasteiger partial charge is 0.461 e. The number of hydrogen-bond donors (Lipinski definition) is 0. The summed E-state index contributed by atoms with van der Waals surface area (Å²) in [4.78, 5) is 26.1.